The van der Waals surface area contributed by atoms with Crippen LogP contribution in [0.15, 0.2) is 0 Å². The van der Waals surface area contributed by atoms with Gasteiger partial charge in [0, 0.05) is 25.2 Å². The Morgan fingerprint density at radius 1 is 1.38 bits per heavy atom. The molecular formula is C10H16N4S2. The Morgan fingerprint density at radius 2 is 2.19 bits per heavy atom. The van der Waals surface area contributed by atoms with Crippen LogP contribution in [0.5, 0.6) is 0 Å². The molecule has 1 N–H and O–H groups in total. The third kappa shape index (κ3) is 1.78. The summed E-state index contributed by atoms with van der Waals surface area (Å²) in [5, 5.41) is 8.22. The van der Waals surface area contributed by atoms with Crippen molar-refractivity contribution >= 4 is 28.7 Å². The molecule has 0 amide bonds. The van der Waals surface area contributed by atoms with Crippen LogP contribution in [0.3, 0.4) is 0 Å². The van der Waals surface area contributed by atoms with Gasteiger partial charge >= 0.3 is 0 Å². The second-order valence-corrected chi connectivity index (χ2v) is 6.33. The van der Waals surface area contributed by atoms with E-state index >= 15 is 0 Å². The molecule has 0 saturated carbocycles. The molecule has 4 nitrogen and oxygen atoms in total. The highest BCUT2D eigenvalue weighted by molar-refractivity contribution is 7.73. The molecule has 1 aromatic rings. The van der Waals surface area contributed by atoms with Gasteiger partial charge in [0.05, 0.1) is 0 Å². The van der Waals surface area contributed by atoms with Gasteiger partial charge in [-0.05, 0) is 38.5 Å². The number of anilines is 1. The zero-order valence-corrected chi connectivity index (χ0v) is 11.0. The number of aromatic nitrogens is 2. The highest BCUT2D eigenvalue weighted by atomic mass is 32.1. The summed E-state index contributed by atoms with van der Waals surface area (Å²) in [6.07, 6.45) is 3.94. The van der Waals surface area contributed by atoms with Crippen LogP contribution in [-0.2, 0) is 0 Å². The molecular weight excluding hydrogens is 240 g/mol. The zero-order chi connectivity index (χ0) is 11.1. The normalized spacial score (nSPS) is 30.7. The van der Waals surface area contributed by atoms with Gasteiger partial charge in [-0.15, -0.1) is 5.10 Å². The van der Waals surface area contributed by atoms with Crippen molar-refractivity contribution in [3.05, 3.63) is 3.95 Å². The lowest BCUT2D eigenvalue weighted by molar-refractivity contribution is 0.254. The van der Waals surface area contributed by atoms with Gasteiger partial charge in [0.25, 0.3) is 0 Å². The van der Waals surface area contributed by atoms with E-state index in [1.54, 1.807) is 11.3 Å². The van der Waals surface area contributed by atoms with Crippen LogP contribution in [0.2, 0.25) is 0 Å². The van der Waals surface area contributed by atoms with Crippen LogP contribution in [0.1, 0.15) is 19.3 Å². The summed E-state index contributed by atoms with van der Waals surface area (Å²) in [4.78, 5) is 4.93. The number of likely N-dealkylation sites (N-methyl/N-ethyl adjacent to an activating group) is 1. The SMILES string of the molecule is CN1C2CCC1CN(c1n[nH]c(=S)s1)CC2. The van der Waals surface area contributed by atoms with Crippen molar-refractivity contribution in [2.45, 2.75) is 31.3 Å². The maximum Gasteiger partial charge on any atom is 0.206 e. The summed E-state index contributed by atoms with van der Waals surface area (Å²) in [7, 11) is 2.26. The number of H-pyrrole nitrogens is 1. The lowest BCUT2D eigenvalue weighted by Crippen LogP contribution is -2.36. The largest absolute Gasteiger partial charge is 0.345 e. The first-order chi connectivity index (χ1) is 7.74. The molecule has 2 fully saturated rings. The fraction of sp³-hybridized carbons (Fsp3) is 0.800. The monoisotopic (exact) mass is 256 g/mol. The minimum atomic E-state index is 0.699. The van der Waals surface area contributed by atoms with Crippen molar-refractivity contribution in [2.24, 2.45) is 0 Å². The molecule has 88 valence electrons. The van der Waals surface area contributed by atoms with E-state index in [4.69, 9.17) is 12.2 Å². The molecule has 2 atom stereocenters. The first-order valence-corrected chi connectivity index (χ1v) is 6.99. The first-order valence-electron chi connectivity index (χ1n) is 5.76. The van der Waals surface area contributed by atoms with Gasteiger partial charge in [-0.25, -0.2) is 0 Å². The average molecular weight is 256 g/mol. The van der Waals surface area contributed by atoms with E-state index < -0.39 is 0 Å². The second kappa shape index (κ2) is 4.09. The average Bonchev–Trinajstić information content (AvgIpc) is 2.74. The number of fused-ring (bicyclic) bond motifs is 2. The summed E-state index contributed by atoms with van der Waals surface area (Å²) in [5.74, 6) is 0. The van der Waals surface area contributed by atoms with Gasteiger partial charge in [0.15, 0.2) is 3.95 Å². The number of nitrogens with zero attached hydrogens (tertiary/aromatic N) is 3. The van der Waals surface area contributed by atoms with Gasteiger partial charge in [0.2, 0.25) is 5.13 Å². The topological polar surface area (TPSA) is 35.2 Å². The van der Waals surface area contributed by atoms with Gasteiger partial charge in [-0.1, -0.05) is 11.3 Å². The molecule has 2 bridgehead atoms. The maximum absolute atomic E-state index is 5.09. The standard InChI is InChI=1S/C10H16N4S2/c1-13-7-2-3-8(13)6-14(5-4-7)9-11-12-10(15)16-9/h7-8H,2-6H2,1H3,(H,12,15). The first kappa shape index (κ1) is 10.7. The molecule has 2 saturated heterocycles. The Balaban J connectivity index is 1.81. The Labute approximate surface area is 104 Å². The molecule has 3 rings (SSSR count). The lowest BCUT2D eigenvalue weighted by atomic mass is 10.1. The fourth-order valence-corrected chi connectivity index (χ4v) is 3.75. The number of hydrogen-bond donors (Lipinski definition) is 1. The van der Waals surface area contributed by atoms with E-state index in [1.807, 2.05) is 0 Å². The predicted octanol–water partition coefficient (Wildman–Crippen LogP) is 1.87. The summed E-state index contributed by atoms with van der Waals surface area (Å²) >= 11 is 6.68. The molecule has 3 heterocycles. The van der Waals surface area contributed by atoms with E-state index in [2.05, 4.69) is 27.0 Å². The smallest absolute Gasteiger partial charge is 0.206 e. The quantitative estimate of drug-likeness (QED) is 0.778. The van der Waals surface area contributed by atoms with Crippen molar-refractivity contribution in [1.29, 1.82) is 0 Å². The molecule has 16 heavy (non-hydrogen) atoms. The molecule has 0 radical (unpaired) electrons. The van der Waals surface area contributed by atoms with Crippen molar-refractivity contribution in [3.8, 4) is 0 Å². The van der Waals surface area contributed by atoms with E-state index in [9.17, 15) is 0 Å². The third-order valence-corrected chi connectivity index (χ3v) is 5.00. The third-order valence-electron chi connectivity index (χ3n) is 3.85. The highest BCUT2D eigenvalue weighted by Gasteiger charge is 2.35. The molecule has 2 aliphatic heterocycles. The van der Waals surface area contributed by atoms with Gasteiger partial charge < -0.3 is 4.90 Å². The van der Waals surface area contributed by atoms with Crippen molar-refractivity contribution < 1.29 is 0 Å². The Kier molecular flexibility index (Phi) is 2.73. The van der Waals surface area contributed by atoms with Crippen molar-refractivity contribution in [3.63, 3.8) is 0 Å². The van der Waals surface area contributed by atoms with Crippen molar-refractivity contribution in [2.75, 3.05) is 25.0 Å². The van der Waals surface area contributed by atoms with E-state index in [0.29, 0.717) is 6.04 Å². The summed E-state index contributed by atoms with van der Waals surface area (Å²) in [6, 6.07) is 1.48. The molecule has 2 unspecified atom stereocenters. The highest BCUT2D eigenvalue weighted by Crippen LogP contribution is 2.31. The van der Waals surface area contributed by atoms with Crippen LogP contribution in [0, 0.1) is 3.95 Å². The van der Waals surface area contributed by atoms with Crippen LogP contribution >= 0.6 is 23.6 Å². The van der Waals surface area contributed by atoms with Crippen LogP contribution in [0.4, 0.5) is 5.13 Å². The predicted molar refractivity (Wildman–Crippen MR) is 68.7 cm³/mol. The van der Waals surface area contributed by atoms with Gasteiger partial charge in [0.1, 0.15) is 0 Å². The second-order valence-electron chi connectivity index (χ2n) is 4.68. The minimum absolute atomic E-state index is 0.699. The molecule has 0 aromatic carbocycles. The van der Waals surface area contributed by atoms with Crippen molar-refractivity contribution in [1.82, 2.24) is 15.1 Å². The summed E-state index contributed by atoms with van der Waals surface area (Å²) in [5.41, 5.74) is 0. The fourth-order valence-electron chi connectivity index (χ4n) is 2.84. The number of aromatic amines is 1. The van der Waals surface area contributed by atoms with Gasteiger partial charge in [-0.2, -0.15) is 0 Å². The number of hydrogen-bond acceptors (Lipinski definition) is 5. The molecule has 0 spiro atoms. The molecule has 6 heteroatoms. The Hall–Kier alpha value is -0.460. The summed E-state index contributed by atoms with van der Waals surface area (Å²) in [6.45, 7) is 2.21. The van der Waals surface area contributed by atoms with E-state index in [-0.39, 0.29) is 0 Å². The number of rotatable bonds is 1. The van der Waals surface area contributed by atoms with Crippen LogP contribution in [-0.4, -0.2) is 47.3 Å². The minimum Gasteiger partial charge on any atom is -0.345 e. The van der Waals surface area contributed by atoms with Crippen LogP contribution in [0.25, 0.3) is 0 Å². The number of nitrogens with one attached hydrogen (secondary N) is 1. The maximum atomic E-state index is 5.09. The van der Waals surface area contributed by atoms with E-state index in [1.165, 1.54) is 19.3 Å². The Morgan fingerprint density at radius 3 is 2.94 bits per heavy atom. The molecule has 2 aliphatic rings. The van der Waals surface area contributed by atoms with Crippen LogP contribution < -0.4 is 4.90 Å². The lowest BCUT2D eigenvalue weighted by Gasteiger charge is -2.24. The van der Waals surface area contributed by atoms with E-state index in [0.717, 1.165) is 28.2 Å². The molecule has 1 aromatic heterocycles. The summed E-state index contributed by atoms with van der Waals surface area (Å²) < 4.78 is 0.776. The Bertz CT molecular complexity index is 426. The zero-order valence-electron chi connectivity index (χ0n) is 9.35. The van der Waals surface area contributed by atoms with Gasteiger partial charge in [-0.3, -0.25) is 10.00 Å². The molecule has 0 aliphatic carbocycles.